The molecule has 118 valence electrons. The number of benzene rings is 1. The minimum absolute atomic E-state index is 0.551. The van der Waals surface area contributed by atoms with E-state index in [9.17, 15) is 0 Å². The van der Waals surface area contributed by atoms with Gasteiger partial charge in [0, 0.05) is 6.04 Å². The number of unbranched alkanes of at least 4 members (excludes halogenated alkanes) is 6. The van der Waals surface area contributed by atoms with Crippen LogP contribution in [0.2, 0.25) is 0 Å². The number of hydrogen-bond donors (Lipinski definition) is 1. The fourth-order valence-corrected chi connectivity index (χ4v) is 3.32. The normalized spacial score (nSPS) is 17.5. The number of hydrogen-bond acceptors (Lipinski definition) is 2. The van der Waals surface area contributed by atoms with E-state index in [2.05, 4.69) is 30.4 Å². The van der Waals surface area contributed by atoms with E-state index >= 15 is 0 Å². The van der Waals surface area contributed by atoms with Gasteiger partial charge in [0.2, 0.25) is 0 Å². The van der Waals surface area contributed by atoms with Gasteiger partial charge in [-0.15, -0.1) is 0 Å². The number of ether oxygens (including phenoxy) is 1. The molecule has 1 aromatic rings. The van der Waals surface area contributed by atoms with Gasteiger partial charge in [0.05, 0.1) is 7.11 Å². The van der Waals surface area contributed by atoms with Crippen LogP contribution in [0.5, 0.6) is 5.75 Å². The van der Waals surface area contributed by atoms with Crippen molar-refractivity contribution in [2.75, 3.05) is 13.7 Å². The van der Waals surface area contributed by atoms with Gasteiger partial charge in [-0.25, -0.2) is 0 Å². The fourth-order valence-electron chi connectivity index (χ4n) is 3.32. The standard InChI is InChI=1S/C19H31NO/c1-3-4-5-6-7-8-9-10-19-18-12-11-17(21-2)15-16(18)13-14-20-19/h11-12,15,19-20H,3-10,13-14H2,1-2H3. The Labute approximate surface area is 130 Å². The molecule has 2 rings (SSSR count). The number of nitrogens with one attached hydrogen (secondary N) is 1. The van der Waals surface area contributed by atoms with E-state index in [1.165, 1.54) is 62.5 Å². The van der Waals surface area contributed by atoms with Crippen LogP contribution < -0.4 is 10.1 Å². The van der Waals surface area contributed by atoms with E-state index in [0.717, 1.165) is 18.7 Å². The molecular formula is C19H31NO. The summed E-state index contributed by atoms with van der Waals surface area (Å²) in [6.45, 7) is 3.38. The van der Waals surface area contributed by atoms with Gasteiger partial charge in [-0.05, 0) is 42.6 Å². The molecule has 1 aliphatic rings. The van der Waals surface area contributed by atoms with E-state index in [1.54, 1.807) is 7.11 Å². The Kier molecular flexibility index (Phi) is 7.08. The second kappa shape index (κ2) is 9.09. The number of methoxy groups -OCH3 is 1. The van der Waals surface area contributed by atoms with E-state index in [1.807, 2.05) is 0 Å². The Balaban J connectivity index is 1.75. The Hall–Kier alpha value is -1.02. The third-order valence-corrected chi connectivity index (χ3v) is 4.61. The van der Waals surface area contributed by atoms with Crippen LogP contribution >= 0.6 is 0 Å². The molecule has 1 N–H and O–H groups in total. The monoisotopic (exact) mass is 289 g/mol. The van der Waals surface area contributed by atoms with Crippen molar-refractivity contribution in [3.05, 3.63) is 29.3 Å². The summed E-state index contributed by atoms with van der Waals surface area (Å²) in [6.07, 6.45) is 12.1. The number of rotatable bonds is 9. The molecule has 21 heavy (non-hydrogen) atoms. The van der Waals surface area contributed by atoms with Crippen molar-refractivity contribution in [1.29, 1.82) is 0 Å². The largest absolute Gasteiger partial charge is 0.497 e. The molecule has 0 bridgehead atoms. The topological polar surface area (TPSA) is 21.3 Å². The zero-order valence-corrected chi connectivity index (χ0v) is 13.8. The first-order valence-corrected chi connectivity index (χ1v) is 8.75. The zero-order chi connectivity index (χ0) is 14.9. The second-order valence-corrected chi connectivity index (χ2v) is 6.23. The van der Waals surface area contributed by atoms with Crippen molar-refractivity contribution in [2.45, 2.75) is 70.8 Å². The van der Waals surface area contributed by atoms with E-state index in [4.69, 9.17) is 4.74 Å². The summed E-state index contributed by atoms with van der Waals surface area (Å²) in [7, 11) is 1.75. The maximum atomic E-state index is 5.34. The van der Waals surface area contributed by atoms with Crippen molar-refractivity contribution in [2.24, 2.45) is 0 Å². The van der Waals surface area contributed by atoms with Gasteiger partial charge in [0.1, 0.15) is 5.75 Å². The quantitative estimate of drug-likeness (QED) is 0.644. The van der Waals surface area contributed by atoms with Crippen LogP contribution in [0.4, 0.5) is 0 Å². The third-order valence-electron chi connectivity index (χ3n) is 4.61. The summed E-state index contributed by atoms with van der Waals surface area (Å²) in [4.78, 5) is 0. The molecule has 1 unspecified atom stereocenters. The lowest BCUT2D eigenvalue weighted by Crippen LogP contribution is -2.29. The summed E-state index contributed by atoms with van der Waals surface area (Å²) in [5, 5.41) is 3.68. The van der Waals surface area contributed by atoms with Gasteiger partial charge in [-0.2, -0.15) is 0 Å². The Morgan fingerprint density at radius 3 is 2.62 bits per heavy atom. The van der Waals surface area contributed by atoms with E-state index in [-0.39, 0.29) is 0 Å². The molecular weight excluding hydrogens is 258 g/mol. The summed E-state index contributed by atoms with van der Waals surface area (Å²) < 4.78 is 5.34. The molecule has 0 fully saturated rings. The highest BCUT2D eigenvalue weighted by molar-refractivity contribution is 5.39. The van der Waals surface area contributed by atoms with Gasteiger partial charge < -0.3 is 10.1 Å². The molecule has 1 aromatic carbocycles. The van der Waals surface area contributed by atoms with Crippen molar-refractivity contribution in [3.8, 4) is 5.75 Å². The highest BCUT2D eigenvalue weighted by Crippen LogP contribution is 2.30. The molecule has 0 aliphatic carbocycles. The van der Waals surface area contributed by atoms with Gasteiger partial charge in [-0.1, -0.05) is 57.9 Å². The van der Waals surface area contributed by atoms with E-state index in [0.29, 0.717) is 6.04 Å². The summed E-state index contributed by atoms with van der Waals surface area (Å²) in [6, 6.07) is 7.12. The van der Waals surface area contributed by atoms with Crippen LogP contribution in [0.25, 0.3) is 0 Å². The van der Waals surface area contributed by atoms with Crippen LogP contribution in [0.1, 0.15) is 75.5 Å². The highest BCUT2D eigenvalue weighted by Gasteiger charge is 2.19. The predicted octanol–water partition coefficient (Wildman–Crippen LogP) is 5.02. The minimum atomic E-state index is 0.551. The smallest absolute Gasteiger partial charge is 0.119 e. The molecule has 0 spiro atoms. The summed E-state index contributed by atoms with van der Waals surface area (Å²) in [5.41, 5.74) is 2.97. The van der Waals surface area contributed by atoms with E-state index < -0.39 is 0 Å². The first-order chi connectivity index (χ1) is 10.3. The lowest BCUT2D eigenvalue weighted by atomic mass is 9.91. The molecule has 0 amide bonds. The lowest BCUT2D eigenvalue weighted by molar-refractivity contribution is 0.410. The zero-order valence-electron chi connectivity index (χ0n) is 13.8. The second-order valence-electron chi connectivity index (χ2n) is 6.23. The molecule has 0 radical (unpaired) electrons. The van der Waals surface area contributed by atoms with Crippen molar-refractivity contribution >= 4 is 0 Å². The molecule has 0 saturated heterocycles. The maximum absolute atomic E-state index is 5.34. The Bertz CT molecular complexity index is 416. The molecule has 0 saturated carbocycles. The summed E-state index contributed by atoms with van der Waals surface area (Å²) >= 11 is 0. The van der Waals surface area contributed by atoms with Crippen LogP contribution in [0, 0.1) is 0 Å². The van der Waals surface area contributed by atoms with Gasteiger partial charge in [0.25, 0.3) is 0 Å². The van der Waals surface area contributed by atoms with Crippen molar-refractivity contribution < 1.29 is 4.74 Å². The van der Waals surface area contributed by atoms with Gasteiger partial charge >= 0.3 is 0 Å². The Morgan fingerprint density at radius 2 is 1.86 bits per heavy atom. The molecule has 2 nitrogen and oxygen atoms in total. The predicted molar refractivity (Wildman–Crippen MR) is 90.1 cm³/mol. The van der Waals surface area contributed by atoms with Crippen molar-refractivity contribution in [3.63, 3.8) is 0 Å². The molecule has 0 aromatic heterocycles. The Morgan fingerprint density at radius 1 is 1.10 bits per heavy atom. The SMILES string of the molecule is CCCCCCCCCC1NCCc2cc(OC)ccc21. The average Bonchev–Trinajstić information content (AvgIpc) is 2.53. The lowest BCUT2D eigenvalue weighted by Gasteiger charge is -2.27. The molecule has 1 aliphatic heterocycles. The first kappa shape index (κ1) is 16.4. The summed E-state index contributed by atoms with van der Waals surface area (Å²) in [5.74, 6) is 0.991. The first-order valence-electron chi connectivity index (χ1n) is 8.75. The molecule has 1 atom stereocenters. The van der Waals surface area contributed by atoms with Crippen LogP contribution in [-0.4, -0.2) is 13.7 Å². The van der Waals surface area contributed by atoms with Gasteiger partial charge in [0.15, 0.2) is 0 Å². The average molecular weight is 289 g/mol. The van der Waals surface area contributed by atoms with Crippen LogP contribution in [-0.2, 0) is 6.42 Å². The third kappa shape index (κ3) is 5.03. The van der Waals surface area contributed by atoms with Crippen molar-refractivity contribution in [1.82, 2.24) is 5.32 Å². The van der Waals surface area contributed by atoms with Gasteiger partial charge in [-0.3, -0.25) is 0 Å². The van der Waals surface area contributed by atoms with Crippen LogP contribution in [0.3, 0.4) is 0 Å². The highest BCUT2D eigenvalue weighted by atomic mass is 16.5. The van der Waals surface area contributed by atoms with Crippen LogP contribution in [0.15, 0.2) is 18.2 Å². The number of fused-ring (bicyclic) bond motifs is 1. The minimum Gasteiger partial charge on any atom is -0.497 e. The molecule has 1 heterocycles. The fraction of sp³-hybridized carbons (Fsp3) is 0.684. The maximum Gasteiger partial charge on any atom is 0.119 e. The molecule has 2 heteroatoms.